The predicted octanol–water partition coefficient (Wildman–Crippen LogP) is 2.09. The first kappa shape index (κ1) is 6.49. The van der Waals surface area contributed by atoms with Crippen molar-refractivity contribution in [3.63, 3.8) is 0 Å². The maximum absolute atomic E-state index is 6.54. The smallest absolute Gasteiger partial charge is 0.221 e. The molecule has 0 aliphatic rings. The summed E-state index contributed by atoms with van der Waals surface area (Å²) in [6, 6.07) is 0.241. The van der Waals surface area contributed by atoms with E-state index in [1.807, 2.05) is 6.92 Å². The summed E-state index contributed by atoms with van der Waals surface area (Å²) in [5.74, 6) is 0. The van der Waals surface area contributed by atoms with Crippen LogP contribution in [0.1, 0.15) is 26.7 Å². The van der Waals surface area contributed by atoms with Crippen LogP contribution in [0.4, 0.5) is 0 Å². The molecule has 0 aromatic rings. The molecule has 1 atom stereocenters. The Balaban J connectivity index is 3.04. The SMILES string of the molecule is [C-]#[N+]C(C)CCC. The van der Waals surface area contributed by atoms with Gasteiger partial charge in [-0.2, -0.15) is 0 Å². The fourth-order valence-electron chi connectivity index (χ4n) is 0.482. The summed E-state index contributed by atoms with van der Waals surface area (Å²) in [5.41, 5.74) is 0. The molecule has 0 amide bonds. The van der Waals surface area contributed by atoms with E-state index in [4.69, 9.17) is 6.57 Å². The van der Waals surface area contributed by atoms with Gasteiger partial charge in [-0.3, -0.25) is 0 Å². The molecule has 7 heavy (non-hydrogen) atoms. The van der Waals surface area contributed by atoms with Gasteiger partial charge in [0.15, 0.2) is 0 Å². The third kappa shape index (κ3) is 3.32. The lowest BCUT2D eigenvalue weighted by atomic mass is 10.2. The lowest BCUT2D eigenvalue weighted by molar-refractivity contribution is 0.725. The van der Waals surface area contributed by atoms with Crippen molar-refractivity contribution in [2.45, 2.75) is 32.7 Å². The molecular formula is C6H11N. The van der Waals surface area contributed by atoms with E-state index >= 15 is 0 Å². The molecule has 0 spiro atoms. The van der Waals surface area contributed by atoms with Gasteiger partial charge in [0.2, 0.25) is 6.04 Å². The molecule has 0 aromatic carbocycles. The van der Waals surface area contributed by atoms with Crippen LogP contribution in [-0.4, -0.2) is 6.04 Å². The fourth-order valence-corrected chi connectivity index (χ4v) is 0.482. The predicted molar refractivity (Wildman–Crippen MR) is 31.0 cm³/mol. The van der Waals surface area contributed by atoms with Crippen LogP contribution in [0.3, 0.4) is 0 Å². The Hall–Kier alpha value is -0.510. The van der Waals surface area contributed by atoms with E-state index < -0.39 is 0 Å². The third-order valence-electron chi connectivity index (χ3n) is 0.927. The fraction of sp³-hybridized carbons (Fsp3) is 0.833. The van der Waals surface area contributed by atoms with Crippen molar-refractivity contribution in [3.05, 3.63) is 11.4 Å². The second kappa shape index (κ2) is 3.67. The van der Waals surface area contributed by atoms with Crippen molar-refractivity contribution in [3.8, 4) is 0 Å². The van der Waals surface area contributed by atoms with Gasteiger partial charge in [0.05, 0.1) is 0 Å². The maximum Gasteiger partial charge on any atom is 0.221 e. The van der Waals surface area contributed by atoms with Crippen LogP contribution in [0.5, 0.6) is 0 Å². The summed E-state index contributed by atoms with van der Waals surface area (Å²) >= 11 is 0. The van der Waals surface area contributed by atoms with Gasteiger partial charge in [-0.1, -0.05) is 6.92 Å². The Labute approximate surface area is 45.2 Å². The first-order valence-electron chi connectivity index (χ1n) is 2.67. The minimum atomic E-state index is 0.241. The number of hydrogen-bond donors (Lipinski definition) is 0. The zero-order chi connectivity index (χ0) is 5.70. The van der Waals surface area contributed by atoms with E-state index in [1.165, 1.54) is 0 Å². The van der Waals surface area contributed by atoms with Crippen molar-refractivity contribution < 1.29 is 0 Å². The monoisotopic (exact) mass is 97.1 g/mol. The molecular weight excluding hydrogens is 86.1 g/mol. The molecule has 0 N–H and O–H groups in total. The van der Waals surface area contributed by atoms with E-state index in [0.29, 0.717) is 0 Å². The topological polar surface area (TPSA) is 4.36 Å². The minimum Gasteiger partial charge on any atom is -0.314 e. The van der Waals surface area contributed by atoms with Crippen LogP contribution in [-0.2, 0) is 0 Å². The molecule has 0 saturated heterocycles. The third-order valence-corrected chi connectivity index (χ3v) is 0.927. The second-order valence-corrected chi connectivity index (χ2v) is 1.77. The van der Waals surface area contributed by atoms with Gasteiger partial charge in [0.1, 0.15) is 0 Å². The molecule has 0 aliphatic carbocycles. The zero-order valence-corrected chi connectivity index (χ0v) is 4.94. The first-order valence-corrected chi connectivity index (χ1v) is 2.67. The van der Waals surface area contributed by atoms with Gasteiger partial charge in [-0.15, -0.1) is 0 Å². The summed E-state index contributed by atoms with van der Waals surface area (Å²) < 4.78 is 0. The highest BCUT2D eigenvalue weighted by Crippen LogP contribution is 1.97. The van der Waals surface area contributed by atoms with Crippen LogP contribution >= 0.6 is 0 Å². The molecule has 0 aromatic heterocycles. The van der Waals surface area contributed by atoms with E-state index in [9.17, 15) is 0 Å². The largest absolute Gasteiger partial charge is 0.314 e. The van der Waals surface area contributed by atoms with E-state index in [1.54, 1.807) is 0 Å². The van der Waals surface area contributed by atoms with Gasteiger partial charge >= 0.3 is 0 Å². The van der Waals surface area contributed by atoms with Crippen molar-refractivity contribution in [2.24, 2.45) is 0 Å². The van der Waals surface area contributed by atoms with Gasteiger partial charge in [-0.05, 0) is 6.42 Å². The number of rotatable bonds is 2. The van der Waals surface area contributed by atoms with Crippen molar-refractivity contribution in [2.75, 3.05) is 0 Å². The van der Waals surface area contributed by atoms with Crippen LogP contribution in [0.15, 0.2) is 0 Å². The average molecular weight is 97.2 g/mol. The summed E-state index contributed by atoms with van der Waals surface area (Å²) in [6.07, 6.45) is 2.17. The zero-order valence-electron chi connectivity index (χ0n) is 4.94. The van der Waals surface area contributed by atoms with Gasteiger partial charge in [0, 0.05) is 13.3 Å². The molecule has 1 heteroatoms. The Morgan fingerprint density at radius 3 is 2.43 bits per heavy atom. The standard InChI is InChI=1S/C6H11N/c1-4-5-6(2)7-3/h6H,4-5H2,1-2H3. The lowest BCUT2D eigenvalue weighted by Gasteiger charge is -1.90. The summed E-state index contributed by atoms with van der Waals surface area (Å²) in [6.45, 7) is 10.6. The van der Waals surface area contributed by atoms with E-state index in [2.05, 4.69) is 11.8 Å². The highest BCUT2D eigenvalue weighted by molar-refractivity contribution is 4.70. The van der Waals surface area contributed by atoms with Gasteiger partial charge in [0.25, 0.3) is 0 Å². The molecule has 0 rings (SSSR count). The first-order chi connectivity index (χ1) is 3.31. The summed E-state index contributed by atoms with van der Waals surface area (Å²) in [7, 11) is 0. The van der Waals surface area contributed by atoms with Crippen LogP contribution in [0.25, 0.3) is 4.85 Å². The highest BCUT2D eigenvalue weighted by Gasteiger charge is 1.97. The Kier molecular flexibility index (Phi) is 3.40. The molecule has 0 heterocycles. The molecule has 0 bridgehead atoms. The maximum atomic E-state index is 6.54. The van der Waals surface area contributed by atoms with Crippen molar-refractivity contribution in [1.82, 2.24) is 0 Å². The van der Waals surface area contributed by atoms with Crippen LogP contribution in [0, 0.1) is 6.57 Å². The molecule has 1 unspecified atom stereocenters. The Bertz CT molecular complexity index is 70.7. The molecule has 0 saturated carbocycles. The Morgan fingerprint density at radius 1 is 1.71 bits per heavy atom. The van der Waals surface area contributed by atoms with Crippen LogP contribution in [0.2, 0.25) is 0 Å². The summed E-state index contributed by atoms with van der Waals surface area (Å²) in [5, 5.41) is 0. The molecule has 0 radical (unpaired) electrons. The van der Waals surface area contributed by atoms with E-state index in [0.717, 1.165) is 12.8 Å². The molecule has 1 nitrogen and oxygen atoms in total. The normalized spacial score (nSPS) is 12.7. The Morgan fingerprint density at radius 2 is 2.29 bits per heavy atom. The lowest BCUT2D eigenvalue weighted by Crippen LogP contribution is -1.90. The van der Waals surface area contributed by atoms with Gasteiger partial charge < -0.3 is 4.85 Å². The average Bonchev–Trinajstić information content (AvgIpc) is 1.68. The van der Waals surface area contributed by atoms with Gasteiger partial charge in [-0.25, -0.2) is 6.57 Å². The minimum absolute atomic E-state index is 0.241. The molecule has 0 aliphatic heterocycles. The number of nitrogens with zero attached hydrogens (tertiary/aromatic N) is 1. The summed E-state index contributed by atoms with van der Waals surface area (Å²) in [4.78, 5) is 3.33. The quantitative estimate of drug-likeness (QED) is 0.465. The van der Waals surface area contributed by atoms with Crippen molar-refractivity contribution in [1.29, 1.82) is 0 Å². The van der Waals surface area contributed by atoms with E-state index in [-0.39, 0.29) is 6.04 Å². The van der Waals surface area contributed by atoms with Crippen LogP contribution < -0.4 is 0 Å². The highest BCUT2D eigenvalue weighted by atomic mass is 14.7. The molecule has 0 fully saturated rings. The van der Waals surface area contributed by atoms with Crippen molar-refractivity contribution >= 4 is 0 Å². The molecule has 40 valence electrons. The second-order valence-electron chi connectivity index (χ2n) is 1.77. The number of hydrogen-bond acceptors (Lipinski definition) is 0.